The van der Waals surface area contributed by atoms with Crippen LogP contribution in [0.15, 0.2) is 5.38 Å². The molecular formula is C16H24N4O3S2. The molecule has 0 saturated carbocycles. The number of hydrogen-bond donors (Lipinski definition) is 1. The Balaban J connectivity index is 1.44. The number of carbonyl (C=O) groups is 2. The molecule has 1 aromatic rings. The van der Waals surface area contributed by atoms with Gasteiger partial charge < -0.3 is 15.0 Å². The smallest absolute Gasteiger partial charge is 0.281 e. The normalized spacial score (nSPS) is 24.7. The highest BCUT2D eigenvalue weighted by atomic mass is 32.2. The molecule has 25 heavy (non-hydrogen) atoms. The zero-order valence-electron chi connectivity index (χ0n) is 14.6. The van der Waals surface area contributed by atoms with Gasteiger partial charge in [0.25, 0.3) is 5.24 Å². The van der Waals surface area contributed by atoms with E-state index < -0.39 is 0 Å². The van der Waals surface area contributed by atoms with Gasteiger partial charge in [-0.15, -0.1) is 11.3 Å². The first-order valence-corrected chi connectivity index (χ1v) is 10.4. The molecule has 2 fully saturated rings. The first kappa shape index (κ1) is 18.6. The third kappa shape index (κ3) is 5.40. The summed E-state index contributed by atoms with van der Waals surface area (Å²) in [6.45, 7) is 7.92. The van der Waals surface area contributed by atoms with Crippen LogP contribution in [0.3, 0.4) is 0 Å². The van der Waals surface area contributed by atoms with Crippen molar-refractivity contribution in [2.24, 2.45) is 0 Å². The molecule has 2 aliphatic heterocycles. The Hall–Kier alpha value is -1.16. The lowest BCUT2D eigenvalue weighted by Gasteiger charge is -2.34. The van der Waals surface area contributed by atoms with E-state index in [2.05, 4.69) is 29.0 Å². The summed E-state index contributed by atoms with van der Waals surface area (Å²) >= 11 is 2.75. The summed E-state index contributed by atoms with van der Waals surface area (Å²) in [5, 5.41) is 5.51. The molecule has 2 aliphatic rings. The topological polar surface area (TPSA) is 74.8 Å². The summed E-state index contributed by atoms with van der Waals surface area (Å²) in [7, 11) is 0. The van der Waals surface area contributed by atoms with Crippen molar-refractivity contribution in [3.63, 3.8) is 0 Å². The van der Waals surface area contributed by atoms with Gasteiger partial charge in [-0.25, -0.2) is 4.98 Å². The SMILES string of the molecule is CC1CN(Cc2csc(NC(=O)CCN3CCSC3=O)n2)CC(C)O1. The summed E-state index contributed by atoms with van der Waals surface area (Å²) in [5.74, 6) is 0.717. The van der Waals surface area contributed by atoms with Gasteiger partial charge in [0.05, 0.1) is 17.9 Å². The molecule has 3 heterocycles. The fraction of sp³-hybridized carbons (Fsp3) is 0.688. The highest BCUT2D eigenvalue weighted by Gasteiger charge is 2.23. The van der Waals surface area contributed by atoms with Gasteiger partial charge >= 0.3 is 0 Å². The number of thiazole rings is 1. The zero-order valence-corrected chi connectivity index (χ0v) is 16.2. The predicted octanol–water partition coefficient (Wildman–Crippen LogP) is 2.25. The van der Waals surface area contributed by atoms with Crippen LogP contribution in [0, 0.1) is 0 Å². The first-order chi connectivity index (χ1) is 12.0. The highest BCUT2D eigenvalue weighted by molar-refractivity contribution is 8.13. The van der Waals surface area contributed by atoms with Crippen LogP contribution >= 0.6 is 23.1 Å². The quantitative estimate of drug-likeness (QED) is 0.811. The summed E-state index contributed by atoms with van der Waals surface area (Å²) in [6, 6.07) is 0. The van der Waals surface area contributed by atoms with E-state index in [4.69, 9.17) is 4.74 Å². The fourth-order valence-electron chi connectivity index (χ4n) is 3.13. The van der Waals surface area contributed by atoms with E-state index >= 15 is 0 Å². The summed E-state index contributed by atoms with van der Waals surface area (Å²) in [6.07, 6.45) is 0.765. The van der Waals surface area contributed by atoms with Crippen molar-refractivity contribution < 1.29 is 14.3 Å². The highest BCUT2D eigenvalue weighted by Crippen LogP contribution is 2.20. The van der Waals surface area contributed by atoms with E-state index in [-0.39, 0.29) is 23.4 Å². The van der Waals surface area contributed by atoms with Crippen LogP contribution in [0.5, 0.6) is 0 Å². The summed E-state index contributed by atoms with van der Waals surface area (Å²) in [5.41, 5.74) is 0.965. The van der Waals surface area contributed by atoms with E-state index in [0.717, 1.165) is 37.6 Å². The predicted molar refractivity (Wildman–Crippen MR) is 100 cm³/mol. The monoisotopic (exact) mass is 384 g/mol. The lowest BCUT2D eigenvalue weighted by Crippen LogP contribution is -2.44. The minimum Gasteiger partial charge on any atom is -0.373 e. The van der Waals surface area contributed by atoms with E-state index in [1.807, 2.05) is 5.38 Å². The van der Waals surface area contributed by atoms with Crippen molar-refractivity contribution in [3.05, 3.63) is 11.1 Å². The minimum atomic E-state index is -0.0979. The van der Waals surface area contributed by atoms with E-state index in [1.165, 1.54) is 23.1 Å². The molecule has 0 bridgehead atoms. The molecule has 1 N–H and O–H groups in total. The number of nitrogens with zero attached hydrogens (tertiary/aromatic N) is 3. The maximum absolute atomic E-state index is 12.0. The van der Waals surface area contributed by atoms with Gasteiger partial charge in [0.15, 0.2) is 5.13 Å². The standard InChI is InChI=1S/C16H24N4O3S2/c1-11-7-19(8-12(2)23-11)9-13-10-25-15(17-13)18-14(21)3-4-20-5-6-24-16(20)22/h10-12H,3-9H2,1-2H3,(H,17,18,21). The van der Waals surface area contributed by atoms with Crippen molar-refractivity contribution in [1.29, 1.82) is 0 Å². The lowest BCUT2D eigenvalue weighted by molar-refractivity contribution is -0.116. The Morgan fingerprint density at radius 1 is 1.40 bits per heavy atom. The average Bonchev–Trinajstić information content (AvgIpc) is 3.13. The van der Waals surface area contributed by atoms with Crippen molar-refractivity contribution in [2.75, 3.05) is 37.2 Å². The third-order valence-corrected chi connectivity index (χ3v) is 5.83. The van der Waals surface area contributed by atoms with Crippen LogP contribution in [0.25, 0.3) is 0 Å². The Bertz CT molecular complexity index is 614. The molecule has 2 unspecified atom stereocenters. The second kappa shape index (κ2) is 8.48. The number of ether oxygens (including phenoxy) is 1. The van der Waals surface area contributed by atoms with Crippen LogP contribution in [0.4, 0.5) is 9.93 Å². The molecular weight excluding hydrogens is 360 g/mol. The molecule has 138 valence electrons. The molecule has 2 saturated heterocycles. The minimum absolute atomic E-state index is 0.0679. The molecule has 3 rings (SSSR count). The number of aromatic nitrogens is 1. The van der Waals surface area contributed by atoms with Crippen molar-refractivity contribution in [1.82, 2.24) is 14.8 Å². The molecule has 0 spiro atoms. The molecule has 0 aliphatic carbocycles. The largest absolute Gasteiger partial charge is 0.373 e. The maximum Gasteiger partial charge on any atom is 0.281 e. The first-order valence-electron chi connectivity index (χ1n) is 8.53. The molecule has 7 nitrogen and oxygen atoms in total. The van der Waals surface area contributed by atoms with E-state index in [9.17, 15) is 9.59 Å². The van der Waals surface area contributed by atoms with Gasteiger partial charge in [-0.2, -0.15) is 0 Å². The number of hydrogen-bond acceptors (Lipinski definition) is 7. The van der Waals surface area contributed by atoms with Gasteiger partial charge in [0, 0.05) is 50.3 Å². The molecule has 9 heteroatoms. The number of morpholine rings is 1. The fourth-order valence-corrected chi connectivity index (χ4v) is 4.70. The third-order valence-electron chi connectivity index (χ3n) is 4.13. The number of nitrogens with one attached hydrogen (secondary N) is 1. The maximum atomic E-state index is 12.0. The number of thioether (sulfide) groups is 1. The van der Waals surface area contributed by atoms with Crippen LogP contribution in [0.1, 0.15) is 26.0 Å². The Morgan fingerprint density at radius 2 is 2.16 bits per heavy atom. The Labute approximate surface area is 156 Å². The van der Waals surface area contributed by atoms with Gasteiger partial charge in [-0.1, -0.05) is 11.8 Å². The van der Waals surface area contributed by atoms with Crippen molar-refractivity contribution in [3.8, 4) is 0 Å². The van der Waals surface area contributed by atoms with Crippen LogP contribution in [-0.4, -0.2) is 70.1 Å². The van der Waals surface area contributed by atoms with Gasteiger partial charge in [-0.05, 0) is 13.8 Å². The van der Waals surface area contributed by atoms with Gasteiger partial charge in [0.1, 0.15) is 0 Å². The van der Waals surface area contributed by atoms with E-state index in [1.54, 1.807) is 4.90 Å². The second-order valence-corrected chi connectivity index (χ2v) is 8.40. The van der Waals surface area contributed by atoms with Crippen LogP contribution in [0.2, 0.25) is 0 Å². The molecule has 2 atom stereocenters. The molecule has 0 aromatic carbocycles. The number of anilines is 1. The second-order valence-electron chi connectivity index (χ2n) is 6.49. The van der Waals surface area contributed by atoms with Crippen molar-refractivity contribution in [2.45, 2.75) is 39.0 Å². The average molecular weight is 385 g/mol. The number of rotatable bonds is 6. The number of carbonyl (C=O) groups excluding carboxylic acids is 2. The molecule has 0 radical (unpaired) electrons. The summed E-state index contributed by atoms with van der Waals surface area (Å²) in [4.78, 5) is 32.1. The van der Waals surface area contributed by atoms with Crippen LogP contribution < -0.4 is 5.32 Å². The van der Waals surface area contributed by atoms with E-state index in [0.29, 0.717) is 18.1 Å². The van der Waals surface area contributed by atoms with Crippen molar-refractivity contribution >= 4 is 39.4 Å². The Kier molecular flexibility index (Phi) is 6.32. The molecule has 2 amide bonds. The van der Waals surface area contributed by atoms with Gasteiger partial charge in [0.2, 0.25) is 5.91 Å². The van der Waals surface area contributed by atoms with Gasteiger partial charge in [-0.3, -0.25) is 14.5 Å². The lowest BCUT2D eigenvalue weighted by atomic mass is 10.2. The summed E-state index contributed by atoms with van der Waals surface area (Å²) < 4.78 is 5.74. The number of amides is 2. The Morgan fingerprint density at radius 3 is 2.84 bits per heavy atom. The van der Waals surface area contributed by atoms with Crippen LogP contribution in [-0.2, 0) is 16.1 Å². The molecule has 1 aromatic heterocycles. The zero-order chi connectivity index (χ0) is 17.8.